The van der Waals surface area contributed by atoms with E-state index in [2.05, 4.69) is 58.0 Å². The zero-order chi connectivity index (χ0) is 27.8. The second-order valence-electron chi connectivity index (χ2n) is 12.6. The minimum absolute atomic E-state index is 0.0143. The fraction of sp³-hybridized carbons (Fsp3) is 0.625. The predicted octanol–water partition coefficient (Wildman–Crippen LogP) is 4.72. The van der Waals surface area contributed by atoms with Gasteiger partial charge in [-0.25, -0.2) is 0 Å². The molecule has 210 valence electrons. The number of aliphatic hydroxyl groups is 3. The molecule has 7 atom stereocenters. The standard InChI is InChI=1S/C32H46O6/c1-18(2)38-24-11-10-21-12-23(15-33)26(16-36-31-30(35)20(4)28(34)17-37-31)29(25(21)14-24)22-9-8-19(3)27(13-22)32(5,6)7/h8-11,13-14,18,20,23,26,28-31,33-35H,12,15-17H2,1-7H3/t20-,23+,26+,28+,29?,30+,31+/m0/s1. The number of ether oxygens (including phenoxy) is 3. The molecule has 0 saturated carbocycles. The van der Waals surface area contributed by atoms with Gasteiger partial charge in [-0.2, -0.15) is 0 Å². The van der Waals surface area contributed by atoms with Crippen molar-refractivity contribution >= 4 is 0 Å². The third-order valence-corrected chi connectivity index (χ3v) is 8.31. The number of fused-ring (bicyclic) bond motifs is 1. The van der Waals surface area contributed by atoms with E-state index in [0.29, 0.717) is 6.61 Å². The van der Waals surface area contributed by atoms with Crippen LogP contribution in [-0.2, 0) is 21.3 Å². The van der Waals surface area contributed by atoms with Gasteiger partial charge in [0, 0.05) is 18.4 Å². The van der Waals surface area contributed by atoms with E-state index in [1.807, 2.05) is 19.9 Å². The molecule has 1 aliphatic heterocycles. The van der Waals surface area contributed by atoms with E-state index in [-0.39, 0.29) is 48.4 Å². The minimum Gasteiger partial charge on any atom is -0.491 e. The molecule has 1 aliphatic carbocycles. The average Bonchev–Trinajstić information content (AvgIpc) is 2.85. The van der Waals surface area contributed by atoms with Crippen LogP contribution >= 0.6 is 0 Å². The van der Waals surface area contributed by atoms with Gasteiger partial charge in [-0.3, -0.25) is 0 Å². The van der Waals surface area contributed by atoms with Gasteiger partial charge in [0.2, 0.25) is 0 Å². The summed E-state index contributed by atoms with van der Waals surface area (Å²) < 4.78 is 18.0. The lowest BCUT2D eigenvalue weighted by atomic mass is 9.66. The highest BCUT2D eigenvalue weighted by Gasteiger charge is 2.41. The molecule has 38 heavy (non-hydrogen) atoms. The number of hydrogen-bond donors (Lipinski definition) is 3. The number of aliphatic hydroxyl groups excluding tert-OH is 3. The molecule has 2 aromatic carbocycles. The maximum absolute atomic E-state index is 10.7. The van der Waals surface area contributed by atoms with Crippen LogP contribution in [0.5, 0.6) is 5.75 Å². The second kappa shape index (κ2) is 11.6. The third kappa shape index (κ3) is 6.10. The van der Waals surface area contributed by atoms with Crippen LogP contribution in [0.1, 0.15) is 75.3 Å². The van der Waals surface area contributed by atoms with E-state index in [1.54, 1.807) is 6.92 Å². The van der Waals surface area contributed by atoms with Crippen molar-refractivity contribution in [3.05, 3.63) is 64.2 Å². The zero-order valence-corrected chi connectivity index (χ0v) is 24.0. The van der Waals surface area contributed by atoms with Crippen LogP contribution < -0.4 is 4.74 Å². The van der Waals surface area contributed by atoms with Gasteiger partial charge in [-0.15, -0.1) is 0 Å². The Kier molecular flexibility index (Phi) is 8.90. The molecule has 6 nitrogen and oxygen atoms in total. The molecule has 1 saturated heterocycles. The first-order valence-corrected chi connectivity index (χ1v) is 14.0. The third-order valence-electron chi connectivity index (χ3n) is 8.31. The van der Waals surface area contributed by atoms with Gasteiger partial charge in [0.15, 0.2) is 6.29 Å². The summed E-state index contributed by atoms with van der Waals surface area (Å²) in [5, 5.41) is 31.3. The summed E-state index contributed by atoms with van der Waals surface area (Å²) in [6, 6.07) is 13.0. The second-order valence-corrected chi connectivity index (χ2v) is 12.6. The van der Waals surface area contributed by atoms with Gasteiger partial charge < -0.3 is 29.5 Å². The lowest BCUT2D eigenvalue weighted by Crippen LogP contribution is -2.50. The van der Waals surface area contributed by atoms with E-state index < -0.39 is 18.5 Å². The minimum atomic E-state index is -0.918. The van der Waals surface area contributed by atoms with E-state index in [1.165, 1.54) is 27.8 Å². The van der Waals surface area contributed by atoms with Crippen molar-refractivity contribution in [2.24, 2.45) is 17.8 Å². The molecular formula is C32H46O6. The summed E-state index contributed by atoms with van der Waals surface area (Å²) in [7, 11) is 0. The largest absolute Gasteiger partial charge is 0.491 e. The lowest BCUT2D eigenvalue weighted by Gasteiger charge is -2.42. The van der Waals surface area contributed by atoms with Crippen LogP contribution in [0, 0.1) is 24.7 Å². The molecule has 3 N–H and O–H groups in total. The molecule has 4 rings (SSSR count). The van der Waals surface area contributed by atoms with Crippen LogP contribution in [0.25, 0.3) is 0 Å². The molecule has 0 bridgehead atoms. The van der Waals surface area contributed by atoms with Crippen LogP contribution in [0.4, 0.5) is 0 Å². The summed E-state index contributed by atoms with van der Waals surface area (Å²) >= 11 is 0. The van der Waals surface area contributed by atoms with Crippen molar-refractivity contribution in [2.45, 2.75) is 90.8 Å². The van der Waals surface area contributed by atoms with E-state index >= 15 is 0 Å². The van der Waals surface area contributed by atoms with Crippen LogP contribution in [0.2, 0.25) is 0 Å². The Morgan fingerprint density at radius 3 is 2.47 bits per heavy atom. The quantitative estimate of drug-likeness (QED) is 0.484. The highest BCUT2D eigenvalue weighted by atomic mass is 16.7. The summed E-state index contributed by atoms with van der Waals surface area (Å²) in [6.07, 6.45) is -1.65. The molecular weight excluding hydrogens is 480 g/mol. The molecule has 0 spiro atoms. The SMILES string of the molecule is Cc1ccc(C2c3cc(OC(C)C)ccc3C[C@H](CO)[C@H]2CO[C@@H]2OC[C@@H](O)[C@H](C)[C@H]2O)cc1C(C)(C)C. The molecule has 0 radical (unpaired) electrons. The van der Waals surface area contributed by atoms with E-state index in [9.17, 15) is 15.3 Å². The van der Waals surface area contributed by atoms with Gasteiger partial charge in [0.05, 0.1) is 25.4 Å². The van der Waals surface area contributed by atoms with Crippen LogP contribution in [0.15, 0.2) is 36.4 Å². The Morgan fingerprint density at radius 1 is 1.08 bits per heavy atom. The molecule has 2 aliphatic rings. The molecule has 0 aromatic heterocycles. The predicted molar refractivity (Wildman–Crippen MR) is 149 cm³/mol. The highest BCUT2D eigenvalue weighted by molar-refractivity contribution is 5.48. The van der Waals surface area contributed by atoms with Crippen LogP contribution in [-0.4, -0.2) is 59.7 Å². The van der Waals surface area contributed by atoms with Crippen molar-refractivity contribution < 1.29 is 29.5 Å². The van der Waals surface area contributed by atoms with Gasteiger partial charge in [0.1, 0.15) is 11.9 Å². The van der Waals surface area contributed by atoms with Crippen molar-refractivity contribution in [3.63, 3.8) is 0 Å². The zero-order valence-electron chi connectivity index (χ0n) is 24.0. The van der Waals surface area contributed by atoms with Crippen LogP contribution in [0.3, 0.4) is 0 Å². The smallest absolute Gasteiger partial charge is 0.183 e. The summed E-state index contributed by atoms with van der Waals surface area (Å²) in [6.45, 7) is 15.2. The molecule has 1 heterocycles. The molecule has 2 aromatic rings. The Balaban J connectivity index is 1.76. The van der Waals surface area contributed by atoms with Gasteiger partial charge in [0.25, 0.3) is 0 Å². The monoisotopic (exact) mass is 526 g/mol. The van der Waals surface area contributed by atoms with E-state index in [4.69, 9.17) is 14.2 Å². The summed E-state index contributed by atoms with van der Waals surface area (Å²) in [4.78, 5) is 0. The highest BCUT2D eigenvalue weighted by Crippen LogP contribution is 2.46. The maximum Gasteiger partial charge on any atom is 0.183 e. The maximum atomic E-state index is 10.7. The number of hydrogen-bond acceptors (Lipinski definition) is 6. The first-order valence-electron chi connectivity index (χ1n) is 14.0. The van der Waals surface area contributed by atoms with Gasteiger partial charge in [-0.1, -0.05) is 52.0 Å². The number of rotatable bonds is 7. The fourth-order valence-electron chi connectivity index (χ4n) is 6.10. The Hall–Kier alpha value is -1.96. The topological polar surface area (TPSA) is 88.4 Å². The molecule has 1 fully saturated rings. The molecule has 6 heteroatoms. The molecule has 1 unspecified atom stereocenters. The van der Waals surface area contributed by atoms with Crippen molar-refractivity contribution in [2.75, 3.05) is 19.8 Å². The Bertz CT molecular complexity index is 1090. The number of aryl methyl sites for hydroxylation is 1. The normalized spacial score (nSPS) is 29.8. The van der Waals surface area contributed by atoms with Crippen molar-refractivity contribution in [1.29, 1.82) is 0 Å². The lowest BCUT2D eigenvalue weighted by molar-refractivity contribution is -0.259. The molecule has 0 amide bonds. The summed E-state index contributed by atoms with van der Waals surface area (Å²) in [5.74, 6) is 0.398. The summed E-state index contributed by atoms with van der Waals surface area (Å²) in [5.41, 5.74) is 6.13. The average molecular weight is 527 g/mol. The van der Waals surface area contributed by atoms with E-state index in [0.717, 1.165) is 12.2 Å². The van der Waals surface area contributed by atoms with Gasteiger partial charge >= 0.3 is 0 Å². The van der Waals surface area contributed by atoms with Gasteiger partial charge in [-0.05, 0) is 84.4 Å². The van der Waals surface area contributed by atoms with Crippen molar-refractivity contribution in [3.8, 4) is 5.75 Å². The number of benzene rings is 2. The Morgan fingerprint density at radius 2 is 1.82 bits per heavy atom. The van der Waals surface area contributed by atoms with Crippen molar-refractivity contribution in [1.82, 2.24) is 0 Å². The first-order chi connectivity index (χ1) is 17.9. The first kappa shape index (κ1) is 29.0. The Labute approximate surface area is 227 Å². The fourth-order valence-corrected chi connectivity index (χ4v) is 6.10.